The van der Waals surface area contributed by atoms with Crippen LogP contribution in [0, 0.1) is 0 Å². The van der Waals surface area contributed by atoms with E-state index in [1.165, 1.54) is 32.1 Å². The summed E-state index contributed by atoms with van der Waals surface area (Å²) in [6.45, 7) is 5.20. The van der Waals surface area contributed by atoms with Crippen molar-refractivity contribution in [1.29, 1.82) is 0 Å². The third kappa shape index (κ3) is 3.13. The van der Waals surface area contributed by atoms with Gasteiger partial charge in [-0.25, -0.2) is 9.97 Å². The lowest BCUT2D eigenvalue weighted by Gasteiger charge is -2.35. The van der Waals surface area contributed by atoms with Crippen molar-refractivity contribution < 1.29 is 0 Å². The van der Waals surface area contributed by atoms with Gasteiger partial charge in [0.15, 0.2) is 0 Å². The quantitative estimate of drug-likeness (QED) is 0.887. The number of aromatic nitrogens is 2. The van der Waals surface area contributed by atoms with Gasteiger partial charge in [0.05, 0.1) is 0 Å². The Morgan fingerprint density at radius 1 is 1.22 bits per heavy atom. The molecule has 2 rings (SSSR count). The van der Waals surface area contributed by atoms with E-state index in [4.69, 9.17) is 0 Å². The zero-order chi connectivity index (χ0) is 13.0. The summed E-state index contributed by atoms with van der Waals surface area (Å²) in [5, 5.41) is 6.81. The van der Waals surface area contributed by atoms with Crippen molar-refractivity contribution in [3.63, 3.8) is 0 Å². The molecule has 1 aliphatic carbocycles. The Morgan fingerprint density at radius 3 is 2.56 bits per heavy atom. The van der Waals surface area contributed by atoms with Gasteiger partial charge in [0.25, 0.3) is 0 Å². The molecular weight excluding hydrogens is 292 g/mol. The molecule has 0 aromatic carbocycles. The van der Waals surface area contributed by atoms with Crippen molar-refractivity contribution in [2.24, 2.45) is 0 Å². The molecule has 1 fully saturated rings. The zero-order valence-electron chi connectivity index (χ0n) is 11.1. The normalized spacial score (nSPS) is 18.4. The highest BCUT2D eigenvalue weighted by molar-refractivity contribution is 9.10. The van der Waals surface area contributed by atoms with Crippen LogP contribution in [0.2, 0.25) is 0 Å². The molecule has 0 amide bonds. The van der Waals surface area contributed by atoms with Gasteiger partial charge in [0, 0.05) is 12.1 Å². The van der Waals surface area contributed by atoms with Gasteiger partial charge in [-0.1, -0.05) is 19.3 Å². The molecule has 0 spiro atoms. The monoisotopic (exact) mass is 312 g/mol. The number of rotatable bonds is 4. The van der Waals surface area contributed by atoms with E-state index in [2.05, 4.69) is 50.4 Å². The minimum absolute atomic E-state index is 0.165. The SMILES string of the molecule is CCNc1ncnc(NC2(C)CCCCC2)c1Br. The molecule has 0 aliphatic heterocycles. The summed E-state index contributed by atoms with van der Waals surface area (Å²) in [6.07, 6.45) is 7.97. The first-order valence-electron chi connectivity index (χ1n) is 6.67. The van der Waals surface area contributed by atoms with Crippen molar-refractivity contribution >= 4 is 27.6 Å². The number of hydrogen-bond donors (Lipinski definition) is 2. The summed E-state index contributed by atoms with van der Waals surface area (Å²) >= 11 is 3.58. The second kappa shape index (κ2) is 5.87. The Hall–Kier alpha value is -0.840. The Balaban J connectivity index is 2.15. The van der Waals surface area contributed by atoms with Crippen LogP contribution in [0.3, 0.4) is 0 Å². The molecule has 1 aliphatic rings. The van der Waals surface area contributed by atoms with E-state index in [0.29, 0.717) is 0 Å². The summed E-state index contributed by atoms with van der Waals surface area (Å²) in [5.74, 6) is 1.75. The third-order valence-electron chi connectivity index (χ3n) is 3.51. The van der Waals surface area contributed by atoms with Crippen LogP contribution >= 0.6 is 15.9 Å². The third-order valence-corrected chi connectivity index (χ3v) is 4.26. The minimum atomic E-state index is 0.165. The Labute approximate surface area is 117 Å². The second-order valence-corrected chi connectivity index (χ2v) is 5.95. The highest BCUT2D eigenvalue weighted by atomic mass is 79.9. The lowest BCUT2D eigenvalue weighted by Crippen LogP contribution is -2.37. The fraction of sp³-hybridized carbons (Fsp3) is 0.692. The van der Waals surface area contributed by atoms with Crippen LogP contribution < -0.4 is 10.6 Å². The summed E-state index contributed by atoms with van der Waals surface area (Å²) in [7, 11) is 0. The lowest BCUT2D eigenvalue weighted by atomic mass is 9.83. The van der Waals surface area contributed by atoms with Gasteiger partial charge in [0.2, 0.25) is 0 Å². The van der Waals surface area contributed by atoms with E-state index < -0.39 is 0 Å². The second-order valence-electron chi connectivity index (χ2n) is 5.16. The van der Waals surface area contributed by atoms with Gasteiger partial charge in [-0.15, -0.1) is 0 Å². The van der Waals surface area contributed by atoms with Crippen LogP contribution in [-0.2, 0) is 0 Å². The maximum absolute atomic E-state index is 4.35. The Kier molecular flexibility index (Phi) is 4.43. The number of nitrogens with zero attached hydrogens (tertiary/aromatic N) is 2. The molecule has 0 unspecified atom stereocenters. The molecule has 0 radical (unpaired) electrons. The van der Waals surface area contributed by atoms with Crippen molar-refractivity contribution in [3.05, 3.63) is 10.8 Å². The van der Waals surface area contributed by atoms with Crippen LogP contribution in [0.15, 0.2) is 10.8 Å². The first kappa shape index (κ1) is 13.6. The zero-order valence-corrected chi connectivity index (χ0v) is 12.7. The maximum atomic E-state index is 4.35. The first-order valence-corrected chi connectivity index (χ1v) is 7.46. The van der Waals surface area contributed by atoms with Gasteiger partial charge >= 0.3 is 0 Å². The number of anilines is 2. The summed E-state index contributed by atoms with van der Waals surface area (Å²) in [6, 6.07) is 0. The average molecular weight is 313 g/mol. The van der Waals surface area contributed by atoms with Crippen molar-refractivity contribution in [2.75, 3.05) is 17.2 Å². The fourth-order valence-electron chi connectivity index (χ4n) is 2.49. The molecule has 1 aromatic rings. The molecule has 1 heterocycles. The molecular formula is C13H21BrN4. The van der Waals surface area contributed by atoms with E-state index >= 15 is 0 Å². The molecule has 0 saturated heterocycles. The lowest BCUT2D eigenvalue weighted by molar-refractivity contribution is 0.348. The molecule has 1 saturated carbocycles. The molecule has 1 aromatic heterocycles. The molecule has 0 atom stereocenters. The van der Waals surface area contributed by atoms with Crippen LogP contribution in [0.5, 0.6) is 0 Å². The minimum Gasteiger partial charge on any atom is -0.369 e. The van der Waals surface area contributed by atoms with Gasteiger partial charge in [0.1, 0.15) is 22.4 Å². The Bertz CT molecular complexity index is 402. The number of hydrogen-bond acceptors (Lipinski definition) is 4. The standard InChI is InChI=1S/C13H21BrN4/c1-3-15-11-10(14)12(17-9-16-11)18-13(2)7-5-4-6-8-13/h9H,3-8H2,1-2H3,(H2,15,16,17,18). The summed E-state index contributed by atoms with van der Waals surface area (Å²) in [5.41, 5.74) is 0.165. The average Bonchev–Trinajstić information content (AvgIpc) is 2.35. The van der Waals surface area contributed by atoms with E-state index in [1.54, 1.807) is 6.33 Å². The van der Waals surface area contributed by atoms with Gasteiger partial charge in [-0.05, 0) is 42.6 Å². The van der Waals surface area contributed by atoms with Crippen LogP contribution in [0.1, 0.15) is 46.0 Å². The highest BCUT2D eigenvalue weighted by Crippen LogP contribution is 2.34. The molecule has 100 valence electrons. The van der Waals surface area contributed by atoms with Crippen molar-refractivity contribution in [1.82, 2.24) is 9.97 Å². The topological polar surface area (TPSA) is 49.8 Å². The molecule has 0 bridgehead atoms. The van der Waals surface area contributed by atoms with Crippen LogP contribution in [0.4, 0.5) is 11.6 Å². The number of nitrogens with one attached hydrogen (secondary N) is 2. The predicted octanol–water partition coefficient (Wildman–Crippen LogP) is 3.81. The van der Waals surface area contributed by atoms with Crippen LogP contribution in [-0.4, -0.2) is 22.1 Å². The van der Waals surface area contributed by atoms with E-state index in [9.17, 15) is 0 Å². The largest absolute Gasteiger partial charge is 0.369 e. The van der Waals surface area contributed by atoms with Gasteiger partial charge in [-0.2, -0.15) is 0 Å². The molecule has 4 nitrogen and oxygen atoms in total. The van der Waals surface area contributed by atoms with E-state index in [0.717, 1.165) is 22.7 Å². The van der Waals surface area contributed by atoms with Gasteiger partial charge < -0.3 is 10.6 Å². The van der Waals surface area contributed by atoms with Crippen molar-refractivity contribution in [3.8, 4) is 0 Å². The highest BCUT2D eigenvalue weighted by Gasteiger charge is 2.27. The predicted molar refractivity (Wildman–Crippen MR) is 79.0 cm³/mol. The van der Waals surface area contributed by atoms with E-state index in [1.807, 2.05) is 0 Å². The molecule has 18 heavy (non-hydrogen) atoms. The van der Waals surface area contributed by atoms with Crippen molar-refractivity contribution in [2.45, 2.75) is 51.5 Å². The molecule has 2 N–H and O–H groups in total. The molecule has 5 heteroatoms. The maximum Gasteiger partial charge on any atom is 0.146 e. The summed E-state index contributed by atoms with van der Waals surface area (Å²) in [4.78, 5) is 8.59. The Morgan fingerprint density at radius 2 is 1.89 bits per heavy atom. The smallest absolute Gasteiger partial charge is 0.146 e. The van der Waals surface area contributed by atoms with Crippen LogP contribution in [0.25, 0.3) is 0 Å². The van der Waals surface area contributed by atoms with Gasteiger partial charge in [-0.3, -0.25) is 0 Å². The van der Waals surface area contributed by atoms with E-state index in [-0.39, 0.29) is 5.54 Å². The first-order chi connectivity index (χ1) is 8.64. The number of halogens is 1. The summed E-state index contributed by atoms with van der Waals surface area (Å²) < 4.78 is 0.929. The fourth-order valence-corrected chi connectivity index (χ4v) is 2.93.